The van der Waals surface area contributed by atoms with Gasteiger partial charge < -0.3 is 0 Å². The van der Waals surface area contributed by atoms with Crippen LogP contribution < -0.4 is 5.43 Å². The molecule has 0 unspecified atom stereocenters. The first-order chi connectivity index (χ1) is 5.30. The van der Waals surface area contributed by atoms with Crippen LogP contribution in [0, 0.1) is 6.92 Å². The molecule has 0 saturated carbocycles. The average molecular weight is 145 g/mol. The molecule has 1 aromatic heterocycles. The van der Waals surface area contributed by atoms with Crippen molar-refractivity contribution in [3.8, 4) is 11.1 Å². The van der Waals surface area contributed by atoms with Gasteiger partial charge in [-0.1, -0.05) is 6.07 Å². The van der Waals surface area contributed by atoms with Crippen molar-refractivity contribution in [1.82, 2.24) is 4.98 Å². The highest BCUT2D eigenvalue weighted by Gasteiger charge is 2.18. The molecule has 0 aliphatic rings. The topological polar surface area (TPSA) is 30.0 Å². The van der Waals surface area contributed by atoms with Gasteiger partial charge in [0, 0.05) is 29.1 Å². The van der Waals surface area contributed by atoms with E-state index in [2.05, 4.69) is 4.98 Å². The first-order valence-electron chi connectivity index (χ1n) is 3.46. The van der Waals surface area contributed by atoms with E-state index in [4.69, 9.17) is 0 Å². The van der Waals surface area contributed by atoms with Crippen molar-refractivity contribution in [3.63, 3.8) is 0 Å². The van der Waals surface area contributed by atoms with E-state index in [0.29, 0.717) is 0 Å². The minimum absolute atomic E-state index is 0.179. The Morgan fingerprint density at radius 3 is 2.64 bits per heavy atom. The summed E-state index contributed by atoms with van der Waals surface area (Å²) < 4.78 is 0. The van der Waals surface area contributed by atoms with Crippen LogP contribution in [0.1, 0.15) is 5.56 Å². The summed E-state index contributed by atoms with van der Waals surface area (Å²) in [7, 11) is 0. The average Bonchev–Trinajstić information content (AvgIpc) is 2.62. The second kappa shape index (κ2) is 2.02. The van der Waals surface area contributed by atoms with Gasteiger partial charge in [-0.15, -0.1) is 0 Å². The second-order valence-electron chi connectivity index (χ2n) is 2.57. The van der Waals surface area contributed by atoms with Crippen LogP contribution in [0.5, 0.6) is 0 Å². The normalized spacial score (nSPS) is 10.6. The molecule has 0 amide bonds. The summed E-state index contributed by atoms with van der Waals surface area (Å²) >= 11 is 0. The molecule has 2 aromatic rings. The van der Waals surface area contributed by atoms with Crippen LogP contribution in [0.25, 0.3) is 11.1 Å². The fourth-order valence-corrected chi connectivity index (χ4v) is 1.12. The smallest absolute Gasteiger partial charge is 0.190 e. The Balaban J connectivity index is 2.48. The molecule has 11 heavy (non-hydrogen) atoms. The van der Waals surface area contributed by atoms with Gasteiger partial charge in [-0.25, -0.2) is 0 Å². The molecule has 0 aliphatic heterocycles. The van der Waals surface area contributed by atoms with Gasteiger partial charge in [0.15, 0.2) is 5.43 Å². The van der Waals surface area contributed by atoms with Gasteiger partial charge in [-0.2, -0.15) is 0 Å². The van der Waals surface area contributed by atoms with Crippen LogP contribution in [0.3, 0.4) is 0 Å². The molecule has 0 spiro atoms. The van der Waals surface area contributed by atoms with Crippen LogP contribution in [0.2, 0.25) is 0 Å². The van der Waals surface area contributed by atoms with Crippen molar-refractivity contribution >= 4 is 0 Å². The number of aromatic nitrogens is 1. The molecule has 0 radical (unpaired) electrons. The SMILES string of the molecule is Cc1c(-c2cccnc2)c1=O. The maximum atomic E-state index is 10.9. The number of hydrogen-bond acceptors (Lipinski definition) is 2. The Morgan fingerprint density at radius 2 is 2.18 bits per heavy atom. The summed E-state index contributed by atoms with van der Waals surface area (Å²) in [6.07, 6.45) is 3.41. The van der Waals surface area contributed by atoms with Crippen molar-refractivity contribution in [1.29, 1.82) is 0 Å². The highest BCUT2D eigenvalue weighted by Crippen LogP contribution is 2.22. The zero-order valence-electron chi connectivity index (χ0n) is 6.16. The molecule has 0 saturated heterocycles. The fraction of sp³-hybridized carbons (Fsp3) is 0.111. The van der Waals surface area contributed by atoms with E-state index in [9.17, 15) is 4.79 Å². The van der Waals surface area contributed by atoms with E-state index in [1.807, 2.05) is 19.1 Å². The molecule has 0 bridgehead atoms. The molecule has 2 nitrogen and oxygen atoms in total. The zero-order chi connectivity index (χ0) is 7.84. The standard InChI is InChI=1S/C9H7NO/c1-6-8(9(6)11)7-3-2-4-10-5-7/h2-5H,1H3. The van der Waals surface area contributed by atoms with E-state index in [0.717, 1.165) is 16.7 Å². The van der Waals surface area contributed by atoms with Crippen molar-refractivity contribution in [2.45, 2.75) is 6.92 Å². The number of rotatable bonds is 1. The monoisotopic (exact) mass is 145 g/mol. The largest absolute Gasteiger partial charge is 0.289 e. The Labute approximate surface area is 64.2 Å². The van der Waals surface area contributed by atoms with Crippen molar-refractivity contribution in [3.05, 3.63) is 40.3 Å². The molecule has 2 rings (SSSR count). The number of pyridine rings is 1. The highest BCUT2D eigenvalue weighted by atomic mass is 16.1. The lowest BCUT2D eigenvalue weighted by Gasteiger charge is -1.87. The first kappa shape index (κ1) is 6.28. The molecule has 0 atom stereocenters. The minimum Gasteiger partial charge on any atom is -0.289 e. The molecule has 1 aromatic carbocycles. The predicted molar refractivity (Wildman–Crippen MR) is 43.1 cm³/mol. The van der Waals surface area contributed by atoms with E-state index < -0.39 is 0 Å². The third-order valence-electron chi connectivity index (χ3n) is 1.83. The lowest BCUT2D eigenvalue weighted by molar-refractivity contribution is 1.33. The van der Waals surface area contributed by atoms with E-state index >= 15 is 0 Å². The zero-order valence-corrected chi connectivity index (χ0v) is 6.16. The van der Waals surface area contributed by atoms with Crippen LogP contribution >= 0.6 is 0 Å². The maximum Gasteiger partial charge on any atom is 0.190 e. The van der Waals surface area contributed by atoms with Crippen LogP contribution in [-0.2, 0) is 0 Å². The van der Waals surface area contributed by atoms with Crippen LogP contribution in [0.4, 0.5) is 0 Å². The van der Waals surface area contributed by atoms with Gasteiger partial charge in [-0.05, 0) is 13.0 Å². The Hall–Kier alpha value is -1.44. The third-order valence-corrected chi connectivity index (χ3v) is 1.83. The van der Waals surface area contributed by atoms with Crippen molar-refractivity contribution < 1.29 is 0 Å². The fourth-order valence-electron chi connectivity index (χ4n) is 1.12. The van der Waals surface area contributed by atoms with Gasteiger partial charge in [0.25, 0.3) is 0 Å². The molecule has 1 heterocycles. The third kappa shape index (κ3) is 0.871. The second-order valence-corrected chi connectivity index (χ2v) is 2.57. The first-order valence-corrected chi connectivity index (χ1v) is 3.46. The molecule has 54 valence electrons. The van der Waals surface area contributed by atoms with Gasteiger partial charge in [0.05, 0.1) is 0 Å². The van der Waals surface area contributed by atoms with Gasteiger partial charge in [0.2, 0.25) is 0 Å². The van der Waals surface area contributed by atoms with E-state index in [1.54, 1.807) is 12.4 Å². The maximum absolute atomic E-state index is 10.9. The molecule has 0 aliphatic carbocycles. The molecular formula is C9H7NO. The van der Waals surface area contributed by atoms with E-state index in [1.165, 1.54) is 0 Å². The summed E-state index contributed by atoms with van der Waals surface area (Å²) in [6, 6.07) is 3.73. The molecule has 0 fully saturated rings. The Morgan fingerprint density at radius 1 is 1.45 bits per heavy atom. The predicted octanol–water partition coefficient (Wildman–Crippen LogP) is 1.29. The molecular weight excluding hydrogens is 138 g/mol. The van der Waals surface area contributed by atoms with Crippen LogP contribution in [0.15, 0.2) is 29.3 Å². The number of nitrogens with zero attached hydrogens (tertiary/aromatic N) is 1. The Bertz CT molecular complexity index is 382. The molecule has 2 heteroatoms. The van der Waals surface area contributed by atoms with Gasteiger partial charge in [-0.3, -0.25) is 9.78 Å². The number of hydrogen-bond donors (Lipinski definition) is 0. The summed E-state index contributed by atoms with van der Waals surface area (Å²) in [4.78, 5) is 14.8. The van der Waals surface area contributed by atoms with Gasteiger partial charge >= 0.3 is 0 Å². The highest BCUT2D eigenvalue weighted by molar-refractivity contribution is 5.74. The van der Waals surface area contributed by atoms with Crippen LogP contribution in [-0.4, -0.2) is 4.98 Å². The van der Waals surface area contributed by atoms with Crippen molar-refractivity contribution in [2.24, 2.45) is 0 Å². The summed E-state index contributed by atoms with van der Waals surface area (Å²) in [5.41, 5.74) is 2.84. The molecule has 0 N–H and O–H groups in total. The quantitative estimate of drug-likeness (QED) is 0.605. The summed E-state index contributed by atoms with van der Waals surface area (Å²) in [6.45, 7) is 1.84. The van der Waals surface area contributed by atoms with E-state index in [-0.39, 0.29) is 5.43 Å². The Kier molecular flexibility index (Phi) is 1.15. The minimum atomic E-state index is 0.179. The van der Waals surface area contributed by atoms with Gasteiger partial charge in [0.1, 0.15) is 0 Å². The van der Waals surface area contributed by atoms with Crippen molar-refractivity contribution in [2.75, 3.05) is 0 Å². The lowest BCUT2D eigenvalue weighted by Crippen LogP contribution is -1.77. The summed E-state index contributed by atoms with van der Waals surface area (Å²) in [5.74, 6) is 0. The summed E-state index contributed by atoms with van der Waals surface area (Å²) in [5, 5.41) is 0. The lowest BCUT2D eigenvalue weighted by atomic mass is 10.2.